The van der Waals surface area contributed by atoms with Crippen LogP contribution in [0.1, 0.15) is 0 Å². The molecule has 0 aliphatic heterocycles. The largest absolute Gasteiger partial charge is 0.496 e. The van der Waals surface area contributed by atoms with Gasteiger partial charge in [-0.2, -0.15) is 0 Å². The first kappa shape index (κ1) is 18.4. The van der Waals surface area contributed by atoms with Gasteiger partial charge in [0.05, 0.1) is 41.1 Å². The summed E-state index contributed by atoms with van der Waals surface area (Å²) in [6, 6.07) is 6.60. The van der Waals surface area contributed by atoms with Gasteiger partial charge in [-0.1, -0.05) is 0 Å². The van der Waals surface area contributed by atoms with Gasteiger partial charge in [0, 0.05) is 23.8 Å². The first-order valence-electron chi connectivity index (χ1n) is 8.05. The fourth-order valence-electron chi connectivity index (χ4n) is 2.90. The number of rotatable bonds is 6. The molecular weight excluding hydrogens is 352 g/mol. The molecular formula is C20H20O7. The summed E-state index contributed by atoms with van der Waals surface area (Å²) in [5.41, 5.74) is 0.924. The zero-order chi connectivity index (χ0) is 19.6. The Morgan fingerprint density at radius 1 is 0.667 bits per heavy atom. The van der Waals surface area contributed by atoms with Crippen molar-refractivity contribution >= 4 is 11.0 Å². The third-order valence-corrected chi connectivity index (χ3v) is 4.27. The van der Waals surface area contributed by atoms with Gasteiger partial charge < -0.3 is 28.1 Å². The number of hydrogen-bond donors (Lipinski definition) is 0. The van der Waals surface area contributed by atoms with Crippen molar-refractivity contribution in [3.63, 3.8) is 0 Å². The summed E-state index contributed by atoms with van der Waals surface area (Å²) in [7, 11) is 7.57. The van der Waals surface area contributed by atoms with Crippen LogP contribution in [0, 0.1) is 0 Å². The van der Waals surface area contributed by atoms with E-state index in [1.54, 1.807) is 24.3 Å². The lowest BCUT2D eigenvalue weighted by atomic mass is 10.0. The molecule has 0 spiro atoms. The van der Waals surface area contributed by atoms with Crippen molar-refractivity contribution in [2.45, 2.75) is 0 Å². The van der Waals surface area contributed by atoms with Crippen molar-refractivity contribution < 1.29 is 28.1 Å². The summed E-state index contributed by atoms with van der Waals surface area (Å²) in [5, 5.41) is 0.313. The molecule has 0 saturated heterocycles. The van der Waals surface area contributed by atoms with Crippen LogP contribution in [0.15, 0.2) is 39.7 Å². The van der Waals surface area contributed by atoms with Crippen molar-refractivity contribution in [3.05, 3.63) is 40.8 Å². The minimum atomic E-state index is -0.263. The van der Waals surface area contributed by atoms with E-state index in [2.05, 4.69) is 0 Å². The summed E-state index contributed by atoms with van der Waals surface area (Å²) < 4.78 is 32.4. The fourth-order valence-corrected chi connectivity index (χ4v) is 2.90. The highest BCUT2D eigenvalue weighted by Gasteiger charge is 2.20. The van der Waals surface area contributed by atoms with Crippen LogP contribution < -0.4 is 29.1 Å². The lowest BCUT2D eigenvalue weighted by Crippen LogP contribution is -2.08. The second kappa shape index (κ2) is 7.49. The van der Waals surface area contributed by atoms with Crippen LogP contribution in [0.2, 0.25) is 0 Å². The summed E-state index contributed by atoms with van der Waals surface area (Å²) in [5.74, 6) is 2.30. The van der Waals surface area contributed by atoms with E-state index in [9.17, 15) is 4.79 Å². The van der Waals surface area contributed by atoms with Crippen LogP contribution in [-0.4, -0.2) is 35.5 Å². The van der Waals surface area contributed by atoms with Gasteiger partial charge in [0.2, 0.25) is 5.43 Å². The Labute approximate surface area is 156 Å². The Balaban J connectivity index is 2.33. The summed E-state index contributed by atoms with van der Waals surface area (Å²) in [6.07, 6.45) is 1.38. The molecule has 3 aromatic rings. The third-order valence-electron chi connectivity index (χ3n) is 4.27. The van der Waals surface area contributed by atoms with E-state index >= 15 is 0 Å². The van der Waals surface area contributed by atoms with E-state index in [0.29, 0.717) is 50.8 Å². The first-order chi connectivity index (χ1) is 13.1. The Morgan fingerprint density at radius 3 is 1.89 bits per heavy atom. The van der Waals surface area contributed by atoms with Gasteiger partial charge in [-0.15, -0.1) is 0 Å². The maximum absolute atomic E-state index is 13.2. The topological polar surface area (TPSA) is 76.4 Å². The van der Waals surface area contributed by atoms with E-state index in [4.69, 9.17) is 28.1 Å². The maximum Gasteiger partial charge on any atom is 0.204 e. The lowest BCUT2D eigenvalue weighted by Gasteiger charge is -2.14. The standard InChI is InChI=1S/C20H20O7/c1-22-11-6-17(26-5)19-18(7-11)27-10-13(20(19)21)12-8-15(24-3)16(25-4)9-14(12)23-2/h6-10H,1-5H3. The Kier molecular flexibility index (Phi) is 5.12. The monoisotopic (exact) mass is 372 g/mol. The zero-order valence-corrected chi connectivity index (χ0v) is 15.7. The van der Waals surface area contributed by atoms with Crippen molar-refractivity contribution in [1.29, 1.82) is 0 Å². The molecule has 1 heterocycles. The Hall–Kier alpha value is -3.35. The summed E-state index contributed by atoms with van der Waals surface area (Å²) >= 11 is 0. The highest BCUT2D eigenvalue weighted by atomic mass is 16.5. The van der Waals surface area contributed by atoms with Gasteiger partial charge in [-0.05, 0) is 6.07 Å². The van der Waals surface area contributed by atoms with E-state index in [0.717, 1.165) is 0 Å². The molecule has 27 heavy (non-hydrogen) atoms. The quantitative estimate of drug-likeness (QED) is 0.655. The molecule has 0 unspecified atom stereocenters. The molecule has 142 valence electrons. The first-order valence-corrected chi connectivity index (χ1v) is 8.05. The second-order valence-electron chi connectivity index (χ2n) is 5.59. The molecule has 0 atom stereocenters. The number of methoxy groups -OCH3 is 5. The van der Waals surface area contributed by atoms with Gasteiger partial charge in [-0.3, -0.25) is 4.79 Å². The van der Waals surface area contributed by atoms with Crippen molar-refractivity contribution in [2.24, 2.45) is 0 Å². The molecule has 0 amide bonds. The van der Waals surface area contributed by atoms with E-state index in [1.807, 2.05) is 0 Å². The molecule has 1 aromatic heterocycles. The molecule has 0 saturated carbocycles. The van der Waals surface area contributed by atoms with Gasteiger partial charge in [0.25, 0.3) is 0 Å². The summed E-state index contributed by atoms with van der Waals surface area (Å²) in [4.78, 5) is 13.2. The normalized spacial score (nSPS) is 10.6. The fraction of sp³-hybridized carbons (Fsp3) is 0.250. The second-order valence-corrected chi connectivity index (χ2v) is 5.59. The highest BCUT2D eigenvalue weighted by molar-refractivity contribution is 5.89. The maximum atomic E-state index is 13.2. The molecule has 7 heteroatoms. The van der Waals surface area contributed by atoms with Gasteiger partial charge in [0.1, 0.15) is 34.5 Å². The SMILES string of the molecule is COc1cc(OC)c2c(=O)c(-c3cc(OC)c(OC)cc3OC)coc2c1. The Morgan fingerprint density at radius 2 is 1.30 bits per heavy atom. The van der Waals surface area contributed by atoms with E-state index < -0.39 is 0 Å². The van der Waals surface area contributed by atoms with Crippen molar-refractivity contribution in [3.8, 4) is 39.9 Å². The van der Waals surface area contributed by atoms with Crippen LogP contribution in [-0.2, 0) is 0 Å². The van der Waals surface area contributed by atoms with E-state index in [-0.39, 0.29) is 5.43 Å². The molecule has 0 radical (unpaired) electrons. The van der Waals surface area contributed by atoms with Crippen LogP contribution in [0.3, 0.4) is 0 Å². The molecule has 0 aliphatic carbocycles. The van der Waals surface area contributed by atoms with Crippen molar-refractivity contribution in [1.82, 2.24) is 0 Å². The van der Waals surface area contributed by atoms with Crippen LogP contribution in [0.25, 0.3) is 22.1 Å². The summed E-state index contributed by atoms with van der Waals surface area (Å²) in [6.45, 7) is 0. The average molecular weight is 372 g/mol. The molecule has 3 rings (SSSR count). The average Bonchev–Trinajstić information content (AvgIpc) is 2.72. The lowest BCUT2D eigenvalue weighted by molar-refractivity contribution is 0.349. The zero-order valence-electron chi connectivity index (χ0n) is 15.7. The Bertz CT molecular complexity index is 1040. The van der Waals surface area contributed by atoms with Gasteiger partial charge in [-0.25, -0.2) is 0 Å². The molecule has 2 aromatic carbocycles. The minimum absolute atomic E-state index is 0.263. The number of benzene rings is 2. The third kappa shape index (κ3) is 3.12. The molecule has 0 aliphatic rings. The smallest absolute Gasteiger partial charge is 0.204 e. The molecule has 0 fully saturated rings. The number of fused-ring (bicyclic) bond motifs is 1. The predicted octanol–water partition coefficient (Wildman–Crippen LogP) is 3.50. The van der Waals surface area contributed by atoms with Gasteiger partial charge >= 0.3 is 0 Å². The predicted molar refractivity (Wildman–Crippen MR) is 101 cm³/mol. The van der Waals surface area contributed by atoms with E-state index in [1.165, 1.54) is 41.8 Å². The molecule has 7 nitrogen and oxygen atoms in total. The molecule has 0 N–H and O–H groups in total. The van der Waals surface area contributed by atoms with Gasteiger partial charge in [0.15, 0.2) is 11.5 Å². The van der Waals surface area contributed by atoms with Crippen molar-refractivity contribution in [2.75, 3.05) is 35.5 Å². The highest BCUT2D eigenvalue weighted by Crippen LogP contribution is 2.40. The number of hydrogen-bond acceptors (Lipinski definition) is 7. The number of ether oxygens (including phenoxy) is 5. The van der Waals surface area contributed by atoms with Crippen LogP contribution in [0.4, 0.5) is 0 Å². The minimum Gasteiger partial charge on any atom is -0.496 e. The molecule has 0 bridgehead atoms. The van der Waals surface area contributed by atoms with Crippen LogP contribution in [0.5, 0.6) is 28.7 Å². The van der Waals surface area contributed by atoms with Crippen LogP contribution >= 0.6 is 0 Å².